The van der Waals surface area contributed by atoms with E-state index >= 15 is 0 Å². The summed E-state index contributed by atoms with van der Waals surface area (Å²) in [7, 11) is 0. The van der Waals surface area contributed by atoms with Gasteiger partial charge in [-0.1, -0.05) is 0 Å². The summed E-state index contributed by atoms with van der Waals surface area (Å²) in [6, 6.07) is 0. The molecule has 4 heteroatoms. The molecular weight excluding hydrogens is 218 g/mol. The fourth-order valence-corrected chi connectivity index (χ4v) is 2.88. The molecule has 0 radical (unpaired) electrons. The van der Waals surface area contributed by atoms with Gasteiger partial charge < -0.3 is 14.4 Å². The smallest absolute Gasteiger partial charge is 0.225 e. The number of hydrogen-bond acceptors (Lipinski definition) is 3. The standard InChI is InChI=1S/C13H23NO3/c1-3-14(4-2)12(15)11-5-7-13(8-6-11)16-9-10-17-13/h11H,3-10H2,1-2H3. The Hall–Kier alpha value is -0.610. The van der Waals surface area contributed by atoms with Gasteiger partial charge in [-0.05, 0) is 26.7 Å². The number of carbonyl (C=O) groups is 1. The minimum absolute atomic E-state index is 0.174. The first-order valence-corrected chi connectivity index (χ1v) is 6.77. The Morgan fingerprint density at radius 2 is 1.71 bits per heavy atom. The van der Waals surface area contributed by atoms with Crippen molar-refractivity contribution in [2.45, 2.75) is 45.3 Å². The Balaban J connectivity index is 1.88. The van der Waals surface area contributed by atoms with Gasteiger partial charge in [-0.15, -0.1) is 0 Å². The third kappa shape index (κ3) is 2.63. The summed E-state index contributed by atoms with van der Waals surface area (Å²) in [6.45, 7) is 7.10. The molecule has 1 saturated carbocycles. The molecule has 2 fully saturated rings. The van der Waals surface area contributed by atoms with Gasteiger partial charge >= 0.3 is 0 Å². The van der Waals surface area contributed by atoms with E-state index < -0.39 is 0 Å². The van der Waals surface area contributed by atoms with Crippen LogP contribution in [0.15, 0.2) is 0 Å². The second kappa shape index (κ2) is 5.36. The molecule has 0 bridgehead atoms. The highest BCUT2D eigenvalue weighted by molar-refractivity contribution is 5.78. The average molecular weight is 241 g/mol. The van der Waals surface area contributed by atoms with Crippen LogP contribution in [0, 0.1) is 5.92 Å². The third-order valence-corrected chi connectivity index (χ3v) is 3.99. The first-order chi connectivity index (χ1) is 8.21. The topological polar surface area (TPSA) is 38.8 Å². The molecule has 1 spiro atoms. The van der Waals surface area contributed by atoms with Gasteiger partial charge in [0.15, 0.2) is 5.79 Å². The Kier molecular flexibility index (Phi) is 4.05. The average Bonchev–Trinajstić information content (AvgIpc) is 2.80. The summed E-state index contributed by atoms with van der Waals surface area (Å²) >= 11 is 0. The molecule has 4 nitrogen and oxygen atoms in total. The van der Waals surface area contributed by atoms with Gasteiger partial charge in [-0.2, -0.15) is 0 Å². The molecule has 0 aromatic heterocycles. The van der Waals surface area contributed by atoms with Crippen molar-refractivity contribution < 1.29 is 14.3 Å². The van der Waals surface area contributed by atoms with Crippen molar-refractivity contribution in [1.82, 2.24) is 4.90 Å². The van der Waals surface area contributed by atoms with Gasteiger partial charge in [-0.3, -0.25) is 4.79 Å². The highest BCUT2D eigenvalue weighted by Gasteiger charge is 2.42. The number of nitrogens with zero attached hydrogens (tertiary/aromatic N) is 1. The van der Waals surface area contributed by atoms with Crippen molar-refractivity contribution in [3.63, 3.8) is 0 Å². The number of ether oxygens (including phenoxy) is 2. The molecule has 17 heavy (non-hydrogen) atoms. The summed E-state index contributed by atoms with van der Waals surface area (Å²) in [5, 5.41) is 0. The maximum absolute atomic E-state index is 12.2. The largest absolute Gasteiger partial charge is 0.348 e. The second-order valence-corrected chi connectivity index (χ2v) is 4.89. The predicted octanol–water partition coefficient (Wildman–Crippen LogP) is 1.79. The van der Waals surface area contributed by atoms with Gasteiger partial charge in [0.2, 0.25) is 5.91 Å². The molecule has 0 atom stereocenters. The quantitative estimate of drug-likeness (QED) is 0.756. The van der Waals surface area contributed by atoms with Crippen molar-refractivity contribution >= 4 is 5.91 Å². The normalized spacial score (nSPS) is 24.1. The number of hydrogen-bond donors (Lipinski definition) is 0. The maximum Gasteiger partial charge on any atom is 0.225 e. The summed E-state index contributed by atoms with van der Waals surface area (Å²) in [5.41, 5.74) is 0. The van der Waals surface area contributed by atoms with Crippen molar-refractivity contribution in [1.29, 1.82) is 0 Å². The first-order valence-electron chi connectivity index (χ1n) is 6.77. The molecule has 0 aromatic rings. The van der Waals surface area contributed by atoms with E-state index in [1.165, 1.54) is 0 Å². The van der Waals surface area contributed by atoms with Crippen molar-refractivity contribution in [3.8, 4) is 0 Å². The van der Waals surface area contributed by atoms with Gasteiger partial charge in [0.1, 0.15) is 0 Å². The zero-order valence-corrected chi connectivity index (χ0v) is 10.9. The van der Waals surface area contributed by atoms with Crippen LogP contribution in [-0.2, 0) is 14.3 Å². The van der Waals surface area contributed by atoms with E-state index in [4.69, 9.17) is 9.47 Å². The molecule has 98 valence electrons. The van der Waals surface area contributed by atoms with Crippen LogP contribution >= 0.6 is 0 Å². The molecular formula is C13H23NO3. The van der Waals surface area contributed by atoms with Crippen molar-refractivity contribution in [2.75, 3.05) is 26.3 Å². The lowest BCUT2D eigenvalue weighted by atomic mass is 9.84. The molecule has 0 unspecified atom stereocenters. The lowest BCUT2D eigenvalue weighted by molar-refractivity contribution is -0.185. The summed E-state index contributed by atoms with van der Waals surface area (Å²) in [5.74, 6) is 0.135. The Morgan fingerprint density at radius 1 is 1.18 bits per heavy atom. The highest BCUT2D eigenvalue weighted by Crippen LogP contribution is 2.38. The molecule has 0 aromatic carbocycles. The number of amides is 1. The second-order valence-electron chi connectivity index (χ2n) is 4.89. The summed E-state index contributed by atoms with van der Waals surface area (Å²) < 4.78 is 11.4. The first kappa shape index (κ1) is 12.8. The highest BCUT2D eigenvalue weighted by atomic mass is 16.7. The molecule has 1 aliphatic carbocycles. The van der Waals surface area contributed by atoms with Crippen molar-refractivity contribution in [3.05, 3.63) is 0 Å². The number of carbonyl (C=O) groups excluding carboxylic acids is 1. The molecule has 1 aliphatic heterocycles. The van der Waals surface area contributed by atoms with E-state index in [9.17, 15) is 4.79 Å². The van der Waals surface area contributed by atoms with Crippen LogP contribution in [0.25, 0.3) is 0 Å². The lowest BCUT2D eigenvalue weighted by Crippen LogP contribution is -2.42. The minimum atomic E-state index is -0.347. The Labute approximate surface area is 103 Å². The molecule has 1 heterocycles. The number of rotatable bonds is 3. The minimum Gasteiger partial charge on any atom is -0.348 e. The van der Waals surface area contributed by atoms with Crippen LogP contribution in [0.5, 0.6) is 0 Å². The Bertz CT molecular complexity index is 260. The van der Waals surface area contributed by atoms with Crippen LogP contribution in [0.2, 0.25) is 0 Å². The van der Waals surface area contributed by atoms with E-state index in [0.717, 1.165) is 38.8 Å². The van der Waals surface area contributed by atoms with E-state index in [2.05, 4.69) is 0 Å². The molecule has 2 rings (SSSR count). The van der Waals surface area contributed by atoms with Gasteiger partial charge in [0.25, 0.3) is 0 Å². The summed E-state index contributed by atoms with van der Waals surface area (Å²) in [6.07, 6.45) is 3.53. The van der Waals surface area contributed by atoms with E-state index in [-0.39, 0.29) is 11.7 Å². The van der Waals surface area contributed by atoms with Gasteiger partial charge in [0.05, 0.1) is 13.2 Å². The van der Waals surface area contributed by atoms with Crippen LogP contribution in [-0.4, -0.2) is 42.9 Å². The Morgan fingerprint density at radius 3 is 2.18 bits per heavy atom. The predicted molar refractivity (Wildman–Crippen MR) is 64.5 cm³/mol. The molecule has 1 amide bonds. The fourth-order valence-electron chi connectivity index (χ4n) is 2.88. The van der Waals surface area contributed by atoms with E-state index in [0.29, 0.717) is 19.1 Å². The van der Waals surface area contributed by atoms with Crippen LogP contribution < -0.4 is 0 Å². The summed E-state index contributed by atoms with van der Waals surface area (Å²) in [4.78, 5) is 14.1. The van der Waals surface area contributed by atoms with E-state index in [1.807, 2.05) is 18.7 Å². The molecule has 0 N–H and O–H groups in total. The molecule has 1 saturated heterocycles. The van der Waals surface area contributed by atoms with E-state index in [1.54, 1.807) is 0 Å². The maximum atomic E-state index is 12.2. The van der Waals surface area contributed by atoms with Crippen molar-refractivity contribution in [2.24, 2.45) is 5.92 Å². The zero-order valence-electron chi connectivity index (χ0n) is 10.9. The van der Waals surface area contributed by atoms with Crippen LogP contribution in [0.1, 0.15) is 39.5 Å². The molecule has 2 aliphatic rings. The fraction of sp³-hybridized carbons (Fsp3) is 0.923. The van der Waals surface area contributed by atoms with Crippen LogP contribution in [0.4, 0.5) is 0 Å². The third-order valence-electron chi connectivity index (χ3n) is 3.99. The van der Waals surface area contributed by atoms with Gasteiger partial charge in [-0.25, -0.2) is 0 Å². The van der Waals surface area contributed by atoms with Crippen LogP contribution in [0.3, 0.4) is 0 Å². The SMILES string of the molecule is CCN(CC)C(=O)C1CCC2(CC1)OCCO2. The monoisotopic (exact) mass is 241 g/mol. The zero-order chi connectivity index (χ0) is 12.3. The lowest BCUT2D eigenvalue weighted by Gasteiger charge is -2.36. The van der Waals surface area contributed by atoms with Gasteiger partial charge in [0, 0.05) is 31.8 Å².